The molecule has 1 aromatic rings. The highest BCUT2D eigenvalue weighted by Crippen LogP contribution is 2.10. The summed E-state index contributed by atoms with van der Waals surface area (Å²) in [6.07, 6.45) is 0.0514. The van der Waals surface area contributed by atoms with Gasteiger partial charge in [-0.2, -0.15) is 0 Å². The van der Waals surface area contributed by atoms with Crippen LogP contribution in [0.15, 0.2) is 29.3 Å². The number of rotatable bonds is 1. The van der Waals surface area contributed by atoms with Crippen molar-refractivity contribution in [3.8, 4) is 0 Å². The lowest BCUT2D eigenvalue weighted by Gasteiger charge is -2.00. The lowest BCUT2D eigenvalue weighted by molar-refractivity contribution is 0.186. The van der Waals surface area contributed by atoms with Crippen LogP contribution in [0.25, 0.3) is 0 Å². The van der Waals surface area contributed by atoms with E-state index < -0.39 is 0 Å². The molecule has 0 radical (unpaired) electrons. The minimum absolute atomic E-state index is 0.0514. The largest absolute Gasteiger partial charge is 0.386 e. The average Bonchev–Trinajstić information content (AvgIpc) is 2.68. The fraction of sp³-hybridized carbons (Fsp3) is 0.417. The third-order valence-electron chi connectivity index (χ3n) is 1.90. The molecule has 1 aliphatic rings. The first-order valence-corrected chi connectivity index (χ1v) is 5.33. The summed E-state index contributed by atoms with van der Waals surface area (Å²) in [6.45, 7) is 8.00. The summed E-state index contributed by atoms with van der Waals surface area (Å²) in [5.41, 5.74) is 5.02. The summed E-state index contributed by atoms with van der Waals surface area (Å²) in [6, 6.07) is 8.10. The van der Waals surface area contributed by atoms with Gasteiger partial charge in [0.25, 0.3) is 0 Å². The summed E-state index contributed by atoms with van der Waals surface area (Å²) in [4.78, 5) is 9.49. The molecule has 0 fully saturated rings. The van der Waals surface area contributed by atoms with Gasteiger partial charge in [-0.15, -0.1) is 5.48 Å². The molecule has 1 aromatic carbocycles. The quantitative estimate of drug-likeness (QED) is 0.766. The monoisotopic (exact) mass is 206 g/mol. The molecule has 1 aliphatic heterocycles. The Morgan fingerprint density at radius 1 is 1.33 bits per heavy atom. The van der Waals surface area contributed by atoms with Gasteiger partial charge in [0.2, 0.25) is 5.90 Å². The molecule has 1 unspecified atom stereocenters. The van der Waals surface area contributed by atoms with Crippen molar-refractivity contribution in [3.05, 3.63) is 35.4 Å². The molecule has 3 heteroatoms. The maximum Gasteiger partial charge on any atom is 0.242 e. The van der Waals surface area contributed by atoms with Crippen LogP contribution >= 0.6 is 0 Å². The molecule has 82 valence electrons. The smallest absolute Gasteiger partial charge is 0.242 e. The van der Waals surface area contributed by atoms with Crippen molar-refractivity contribution in [2.45, 2.75) is 33.9 Å². The van der Waals surface area contributed by atoms with Crippen LogP contribution in [0.3, 0.4) is 0 Å². The first-order chi connectivity index (χ1) is 7.25. The van der Waals surface area contributed by atoms with Gasteiger partial charge in [-0.1, -0.05) is 31.5 Å². The highest BCUT2D eigenvalue weighted by molar-refractivity contribution is 5.94. The molecule has 0 aliphatic carbocycles. The highest BCUT2D eigenvalue weighted by Gasteiger charge is 2.15. The van der Waals surface area contributed by atoms with Gasteiger partial charge in [0.05, 0.1) is 0 Å². The fourth-order valence-electron chi connectivity index (χ4n) is 1.28. The number of nitrogens with zero attached hydrogens (tertiary/aromatic N) is 1. The van der Waals surface area contributed by atoms with E-state index in [4.69, 9.17) is 4.84 Å². The van der Waals surface area contributed by atoms with Gasteiger partial charge in [-0.3, -0.25) is 0 Å². The van der Waals surface area contributed by atoms with Gasteiger partial charge < -0.3 is 4.84 Å². The predicted molar refractivity (Wildman–Crippen MR) is 62.7 cm³/mol. The summed E-state index contributed by atoms with van der Waals surface area (Å²) in [5.74, 6) is 0.677. The van der Waals surface area contributed by atoms with E-state index in [1.54, 1.807) is 0 Å². The summed E-state index contributed by atoms with van der Waals surface area (Å²) in [5, 5.41) is 0. The highest BCUT2D eigenvalue weighted by atomic mass is 16.7. The SMILES string of the molecule is CC.Cc1cccc(C2=NC(C)NO2)c1. The van der Waals surface area contributed by atoms with Crippen LogP contribution in [0.4, 0.5) is 0 Å². The van der Waals surface area contributed by atoms with Crippen molar-refractivity contribution >= 4 is 5.90 Å². The van der Waals surface area contributed by atoms with Crippen LogP contribution in [0.1, 0.15) is 31.9 Å². The van der Waals surface area contributed by atoms with Crippen LogP contribution in [-0.4, -0.2) is 12.1 Å². The van der Waals surface area contributed by atoms with E-state index >= 15 is 0 Å². The summed E-state index contributed by atoms with van der Waals surface area (Å²) in [7, 11) is 0. The standard InChI is InChI=1S/C10H12N2O.C2H6/c1-7-4-3-5-9(6-7)10-11-8(2)12-13-10;1-2/h3-6,8,12H,1-2H3;1-2H3. The van der Waals surface area contributed by atoms with E-state index in [1.165, 1.54) is 5.56 Å². The Labute approximate surface area is 91.1 Å². The Balaban J connectivity index is 0.000000531. The van der Waals surface area contributed by atoms with Crippen molar-refractivity contribution in [1.29, 1.82) is 0 Å². The maximum absolute atomic E-state index is 5.21. The topological polar surface area (TPSA) is 33.6 Å². The van der Waals surface area contributed by atoms with Gasteiger partial charge in [-0.05, 0) is 26.0 Å². The molecule has 0 amide bonds. The number of aryl methyl sites for hydroxylation is 1. The van der Waals surface area contributed by atoms with Crippen molar-refractivity contribution in [2.75, 3.05) is 0 Å². The molecule has 0 aromatic heterocycles. The zero-order valence-electron chi connectivity index (χ0n) is 9.74. The van der Waals surface area contributed by atoms with Crippen LogP contribution in [0.5, 0.6) is 0 Å². The molecular formula is C12H18N2O. The average molecular weight is 206 g/mol. The lowest BCUT2D eigenvalue weighted by atomic mass is 10.1. The van der Waals surface area contributed by atoms with Crippen molar-refractivity contribution in [1.82, 2.24) is 5.48 Å². The number of hydroxylamine groups is 1. The number of nitrogens with one attached hydrogen (secondary N) is 1. The van der Waals surface area contributed by atoms with Gasteiger partial charge in [0.1, 0.15) is 6.17 Å². The number of hydrogen-bond acceptors (Lipinski definition) is 3. The molecule has 0 spiro atoms. The van der Waals surface area contributed by atoms with Crippen molar-refractivity contribution in [3.63, 3.8) is 0 Å². The molecule has 0 saturated heterocycles. The number of hydrogen-bond donors (Lipinski definition) is 1. The fourth-order valence-corrected chi connectivity index (χ4v) is 1.28. The van der Waals surface area contributed by atoms with Crippen LogP contribution in [0.2, 0.25) is 0 Å². The molecule has 0 saturated carbocycles. The second kappa shape index (κ2) is 5.51. The predicted octanol–water partition coefficient (Wildman–Crippen LogP) is 2.65. The minimum atomic E-state index is 0.0514. The van der Waals surface area contributed by atoms with E-state index in [0.717, 1.165) is 5.56 Å². The third kappa shape index (κ3) is 3.06. The van der Waals surface area contributed by atoms with Crippen molar-refractivity contribution < 1.29 is 4.84 Å². The molecular weight excluding hydrogens is 188 g/mol. The van der Waals surface area contributed by atoms with Gasteiger partial charge in [0.15, 0.2) is 0 Å². The van der Waals surface area contributed by atoms with Crippen LogP contribution < -0.4 is 5.48 Å². The van der Waals surface area contributed by atoms with E-state index in [2.05, 4.69) is 29.5 Å². The Bertz CT molecular complexity index is 347. The normalized spacial score (nSPS) is 18.7. The van der Waals surface area contributed by atoms with E-state index in [9.17, 15) is 0 Å². The molecule has 0 bridgehead atoms. The maximum atomic E-state index is 5.21. The minimum Gasteiger partial charge on any atom is -0.386 e. The molecule has 3 nitrogen and oxygen atoms in total. The number of aliphatic imine (C=N–C) groups is 1. The Kier molecular flexibility index (Phi) is 4.31. The second-order valence-corrected chi connectivity index (χ2v) is 3.20. The van der Waals surface area contributed by atoms with Gasteiger partial charge in [0, 0.05) is 5.56 Å². The first kappa shape index (κ1) is 11.7. The molecule has 1 N–H and O–H groups in total. The summed E-state index contributed by atoms with van der Waals surface area (Å²) >= 11 is 0. The third-order valence-corrected chi connectivity index (χ3v) is 1.90. The van der Waals surface area contributed by atoms with Crippen molar-refractivity contribution in [2.24, 2.45) is 4.99 Å². The zero-order valence-corrected chi connectivity index (χ0v) is 9.74. The summed E-state index contributed by atoms with van der Waals surface area (Å²) < 4.78 is 0. The molecule has 1 atom stereocenters. The first-order valence-electron chi connectivity index (χ1n) is 5.33. The number of benzene rings is 1. The van der Waals surface area contributed by atoms with Crippen LogP contribution in [-0.2, 0) is 4.84 Å². The Hall–Kier alpha value is -1.35. The molecule has 2 rings (SSSR count). The molecule has 1 heterocycles. The van der Waals surface area contributed by atoms with Gasteiger partial charge in [-0.25, -0.2) is 4.99 Å². The molecule has 15 heavy (non-hydrogen) atoms. The van der Waals surface area contributed by atoms with Crippen LogP contribution in [0, 0.1) is 6.92 Å². The van der Waals surface area contributed by atoms with E-state index in [-0.39, 0.29) is 6.17 Å². The second-order valence-electron chi connectivity index (χ2n) is 3.20. The lowest BCUT2D eigenvalue weighted by Crippen LogP contribution is -2.17. The Morgan fingerprint density at radius 3 is 2.60 bits per heavy atom. The zero-order chi connectivity index (χ0) is 11.3. The van der Waals surface area contributed by atoms with E-state index in [1.807, 2.05) is 32.9 Å². The van der Waals surface area contributed by atoms with Gasteiger partial charge >= 0.3 is 0 Å². The Morgan fingerprint density at radius 2 is 2.07 bits per heavy atom. The van der Waals surface area contributed by atoms with E-state index in [0.29, 0.717) is 5.90 Å².